The van der Waals surface area contributed by atoms with E-state index < -0.39 is 10.0 Å². The van der Waals surface area contributed by atoms with Crippen LogP contribution in [0.25, 0.3) is 0 Å². The van der Waals surface area contributed by atoms with E-state index in [1.807, 2.05) is 6.92 Å². The van der Waals surface area contributed by atoms with E-state index in [0.29, 0.717) is 13.1 Å². The van der Waals surface area contributed by atoms with E-state index in [4.69, 9.17) is 1.37 Å². The maximum atomic E-state index is 11.6. The predicted octanol–water partition coefficient (Wildman–Crippen LogP) is 0.364. The van der Waals surface area contributed by atoms with Gasteiger partial charge in [-0.3, -0.25) is 0 Å². The third-order valence-electron chi connectivity index (χ3n) is 2.53. The van der Waals surface area contributed by atoms with Crippen LogP contribution in [0.2, 0.25) is 0 Å². The fourth-order valence-electron chi connectivity index (χ4n) is 1.63. The molecule has 4 nitrogen and oxygen atoms in total. The quantitative estimate of drug-likeness (QED) is 0.688. The average Bonchev–Trinajstić information content (AvgIpc) is 2.18. The van der Waals surface area contributed by atoms with Crippen LogP contribution in [-0.4, -0.2) is 56.1 Å². The zero-order chi connectivity index (χ0) is 11.5. The molecule has 5 heteroatoms. The van der Waals surface area contributed by atoms with Gasteiger partial charge in [0.1, 0.15) is 0 Å². The maximum absolute atomic E-state index is 11.6. The number of piperazine rings is 1. The molecule has 0 saturated carbocycles. The number of hydrogen-bond donors (Lipinski definition) is 0. The standard InChI is InChI=1S/C9H20N2O2S/c1-3-5-10-6-8-11(9-7-10)14(12,13)4-2/h3-9H2,1-2H3/i3D/t3-/m0/s1. The fraction of sp³-hybridized carbons (Fsp3) is 1.00. The first-order valence-electron chi connectivity index (χ1n) is 5.66. The summed E-state index contributed by atoms with van der Waals surface area (Å²) < 4.78 is 32.1. The van der Waals surface area contributed by atoms with Gasteiger partial charge in [-0.1, -0.05) is 6.92 Å². The molecule has 0 unspecified atom stereocenters. The van der Waals surface area contributed by atoms with Crippen LogP contribution in [0.1, 0.15) is 21.6 Å². The third kappa shape index (κ3) is 2.93. The fourth-order valence-corrected chi connectivity index (χ4v) is 2.72. The van der Waals surface area contributed by atoms with Crippen LogP contribution in [0.3, 0.4) is 0 Å². The Hall–Kier alpha value is -0.130. The molecule has 0 radical (unpaired) electrons. The summed E-state index contributed by atoms with van der Waals surface area (Å²) in [6.45, 7) is 6.92. The van der Waals surface area contributed by atoms with Crippen molar-refractivity contribution in [3.8, 4) is 0 Å². The highest BCUT2D eigenvalue weighted by molar-refractivity contribution is 7.89. The lowest BCUT2D eigenvalue weighted by Gasteiger charge is -2.33. The number of nitrogens with zero attached hydrogens (tertiary/aromatic N) is 2. The molecule has 0 aromatic heterocycles. The van der Waals surface area contributed by atoms with Gasteiger partial charge in [0.2, 0.25) is 10.0 Å². The summed E-state index contributed by atoms with van der Waals surface area (Å²) in [5.74, 6) is 0.182. The Morgan fingerprint density at radius 3 is 2.21 bits per heavy atom. The van der Waals surface area contributed by atoms with Crippen molar-refractivity contribution in [3.63, 3.8) is 0 Å². The van der Waals surface area contributed by atoms with Gasteiger partial charge in [-0.05, 0) is 19.9 Å². The van der Waals surface area contributed by atoms with Crippen molar-refractivity contribution >= 4 is 10.0 Å². The zero-order valence-corrected chi connectivity index (χ0v) is 9.76. The summed E-state index contributed by atoms with van der Waals surface area (Å²) in [6, 6.07) is 0. The predicted molar refractivity (Wildman–Crippen MR) is 57.8 cm³/mol. The Kier molecular flexibility index (Phi) is 3.78. The molecule has 0 aromatic rings. The Balaban J connectivity index is 2.43. The number of sulfonamides is 1. The molecule has 0 aliphatic carbocycles. The average molecular weight is 221 g/mol. The van der Waals surface area contributed by atoms with Gasteiger partial charge < -0.3 is 4.90 Å². The molecule has 0 spiro atoms. The van der Waals surface area contributed by atoms with Crippen molar-refractivity contribution < 1.29 is 9.79 Å². The Labute approximate surface area is 88.3 Å². The van der Waals surface area contributed by atoms with Gasteiger partial charge in [0.15, 0.2) is 0 Å². The molecular weight excluding hydrogens is 200 g/mol. The van der Waals surface area contributed by atoms with E-state index in [0.717, 1.165) is 19.6 Å². The molecule has 14 heavy (non-hydrogen) atoms. The highest BCUT2D eigenvalue weighted by atomic mass is 32.2. The van der Waals surface area contributed by atoms with Crippen molar-refractivity contribution in [1.82, 2.24) is 9.21 Å². The highest BCUT2D eigenvalue weighted by Gasteiger charge is 2.24. The van der Waals surface area contributed by atoms with Gasteiger partial charge in [0.25, 0.3) is 0 Å². The molecule has 0 bridgehead atoms. The van der Waals surface area contributed by atoms with E-state index in [-0.39, 0.29) is 12.1 Å². The van der Waals surface area contributed by atoms with Crippen LogP contribution in [0.5, 0.6) is 0 Å². The summed E-state index contributed by atoms with van der Waals surface area (Å²) in [6.07, 6.45) is -0.0978. The first-order chi connectivity index (χ1) is 6.95. The van der Waals surface area contributed by atoms with Gasteiger partial charge in [-0.2, -0.15) is 4.31 Å². The number of hydrogen-bond acceptors (Lipinski definition) is 3. The van der Waals surface area contributed by atoms with E-state index in [1.165, 1.54) is 0 Å². The lowest BCUT2D eigenvalue weighted by Crippen LogP contribution is -2.49. The Morgan fingerprint density at radius 1 is 1.21 bits per heavy atom. The summed E-state index contributed by atoms with van der Waals surface area (Å²) >= 11 is 0. The molecule has 1 atom stereocenters. The molecule has 1 aliphatic rings. The van der Waals surface area contributed by atoms with E-state index >= 15 is 0 Å². The van der Waals surface area contributed by atoms with Crippen molar-refractivity contribution in [1.29, 1.82) is 0 Å². The van der Waals surface area contributed by atoms with Crippen molar-refractivity contribution in [3.05, 3.63) is 0 Å². The molecular formula is C9H20N2O2S. The molecule has 0 N–H and O–H groups in total. The first kappa shape index (κ1) is 10.4. The van der Waals surface area contributed by atoms with Crippen LogP contribution in [0.15, 0.2) is 0 Å². The van der Waals surface area contributed by atoms with Gasteiger partial charge in [-0.15, -0.1) is 0 Å². The topological polar surface area (TPSA) is 40.6 Å². The zero-order valence-electron chi connectivity index (χ0n) is 9.94. The summed E-state index contributed by atoms with van der Waals surface area (Å²) in [5.41, 5.74) is 0. The third-order valence-corrected chi connectivity index (χ3v) is 4.41. The first-order valence-corrected chi connectivity index (χ1v) is 6.69. The molecule has 1 heterocycles. The second kappa shape index (κ2) is 5.09. The van der Waals surface area contributed by atoms with E-state index in [1.54, 1.807) is 11.2 Å². The summed E-state index contributed by atoms with van der Waals surface area (Å²) in [5, 5.41) is 0. The monoisotopic (exact) mass is 221 g/mol. The second-order valence-electron chi connectivity index (χ2n) is 3.51. The SMILES string of the molecule is [2H][C@@H](C)CN1CCN(S(=O)(=O)CC)CC1. The van der Waals surface area contributed by atoms with E-state index in [2.05, 4.69) is 4.90 Å². The molecule has 0 amide bonds. The molecule has 84 valence electrons. The highest BCUT2D eigenvalue weighted by Crippen LogP contribution is 2.07. The maximum Gasteiger partial charge on any atom is 0.213 e. The molecule has 1 saturated heterocycles. The summed E-state index contributed by atoms with van der Waals surface area (Å²) in [7, 11) is -3.01. The van der Waals surface area contributed by atoms with Crippen LogP contribution in [0, 0.1) is 0 Å². The summed E-state index contributed by atoms with van der Waals surface area (Å²) in [4.78, 5) is 2.15. The van der Waals surface area contributed by atoms with Gasteiger partial charge in [0.05, 0.1) is 5.75 Å². The van der Waals surface area contributed by atoms with Crippen molar-refractivity contribution in [2.75, 3.05) is 38.5 Å². The largest absolute Gasteiger partial charge is 0.301 e. The van der Waals surface area contributed by atoms with Crippen LogP contribution >= 0.6 is 0 Å². The molecule has 1 rings (SSSR count). The van der Waals surface area contributed by atoms with Gasteiger partial charge >= 0.3 is 0 Å². The second-order valence-corrected chi connectivity index (χ2v) is 5.77. The molecule has 0 aromatic carbocycles. The lowest BCUT2D eigenvalue weighted by atomic mass is 10.3. The van der Waals surface area contributed by atoms with Crippen molar-refractivity contribution in [2.24, 2.45) is 0 Å². The van der Waals surface area contributed by atoms with Gasteiger partial charge in [-0.25, -0.2) is 8.42 Å². The van der Waals surface area contributed by atoms with Crippen molar-refractivity contribution in [2.45, 2.75) is 20.2 Å². The van der Waals surface area contributed by atoms with Gasteiger partial charge in [0, 0.05) is 27.5 Å². The minimum Gasteiger partial charge on any atom is -0.301 e. The van der Waals surface area contributed by atoms with E-state index in [9.17, 15) is 8.42 Å². The minimum absolute atomic E-state index is 0.0978. The molecule has 1 fully saturated rings. The Bertz CT molecular complexity index is 284. The minimum atomic E-state index is -3.01. The van der Waals surface area contributed by atoms with Crippen LogP contribution < -0.4 is 0 Å². The smallest absolute Gasteiger partial charge is 0.213 e. The van der Waals surface area contributed by atoms with Crippen LogP contribution in [0.4, 0.5) is 0 Å². The van der Waals surface area contributed by atoms with Crippen LogP contribution in [-0.2, 0) is 10.0 Å². The Morgan fingerprint density at radius 2 is 1.79 bits per heavy atom. The molecule has 1 aliphatic heterocycles. The number of rotatable bonds is 4. The lowest BCUT2D eigenvalue weighted by molar-refractivity contribution is 0.189. The normalized spacial score (nSPS) is 24.6.